The fourth-order valence-electron chi connectivity index (χ4n) is 3.52. The smallest absolute Gasteiger partial charge is 0.255 e. The van der Waals surface area contributed by atoms with Gasteiger partial charge in [-0.15, -0.1) is 0 Å². The molecule has 1 amide bonds. The van der Waals surface area contributed by atoms with Crippen molar-refractivity contribution in [2.45, 2.75) is 32.7 Å². The van der Waals surface area contributed by atoms with Crippen molar-refractivity contribution in [3.05, 3.63) is 23.0 Å². The molecule has 1 N–H and O–H groups in total. The lowest BCUT2D eigenvalue weighted by Crippen LogP contribution is -2.50. The lowest BCUT2D eigenvalue weighted by atomic mass is 10.0. The number of aryl methyl sites for hydroxylation is 2. The number of likely N-dealkylation sites (tertiary alicyclic amines) is 1. The average Bonchev–Trinajstić information content (AvgIpc) is 2.87. The van der Waals surface area contributed by atoms with Gasteiger partial charge in [-0.25, -0.2) is 0 Å². The third-order valence-electron chi connectivity index (χ3n) is 4.80. The number of rotatable bonds is 2. The van der Waals surface area contributed by atoms with E-state index in [1.807, 2.05) is 24.9 Å². The molecule has 0 radical (unpaired) electrons. The quantitative estimate of drug-likeness (QED) is 0.900. The van der Waals surface area contributed by atoms with Crippen LogP contribution in [0.3, 0.4) is 0 Å². The number of H-pyrrole nitrogens is 1. The molecule has 1 aromatic heterocycles. The number of piperidine rings is 1. The molecule has 0 unspecified atom stereocenters. The number of carbonyl (C=O) groups is 1. The fraction of sp³-hybridized carbons (Fsp3) is 0.688. The number of amides is 1. The zero-order chi connectivity index (χ0) is 14.8. The van der Waals surface area contributed by atoms with Crippen molar-refractivity contribution < 1.29 is 9.53 Å². The minimum Gasteiger partial charge on any atom is -0.379 e. The molecular weight excluding hydrogens is 266 g/mol. The van der Waals surface area contributed by atoms with E-state index in [0.717, 1.165) is 69.1 Å². The topological polar surface area (TPSA) is 48.6 Å². The molecule has 2 fully saturated rings. The fourth-order valence-corrected chi connectivity index (χ4v) is 3.52. The van der Waals surface area contributed by atoms with Gasteiger partial charge in [0.1, 0.15) is 0 Å². The van der Waals surface area contributed by atoms with Crippen LogP contribution in [-0.2, 0) is 4.74 Å². The first-order valence-electron chi connectivity index (χ1n) is 7.92. The molecule has 0 aliphatic carbocycles. The molecule has 21 heavy (non-hydrogen) atoms. The van der Waals surface area contributed by atoms with Crippen molar-refractivity contribution in [3.8, 4) is 0 Å². The van der Waals surface area contributed by atoms with Crippen molar-refractivity contribution in [3.63, 3.8) is 0 Å². The zero-order valence-electron chi connectivity index (χ0n) is 13.0. The van der Waals surface area contributed by atoms with Gasteiger partial charge in [-0.05, 0) is 32.3 Å². The summed E-state index contributed by atoms with van der Waals surface area (Å²) in [6.07, 6.45) is 4.07. The number of morpholine rings is 1. The maximum atomic E-state index is 12.7. The highest BCUT2D eigenvalue weighted by atomic mass is 16.5. The number of nitrogens with one attached hydrogen (secondary N) is 1. The van der Waals surface area contributed by atoms with Crippen molar-refractivity contribution in [2.24, 2.45) is 0 Å². The summed E-state index contributed by atoms with van der Waals surface area (Å²) in [5, 5.41) is 0. The number of nitrogens with zero attached hydrogens (tertiary/aromatic N) is 2. The molecule has 5 heteroatoms. The predicted molar refractivity (Wildman–Crippen MR) is 81.6 cm³/mol. The number of hydrogen-bond donors (Lipinski definition) is 1. The van der Waals surface area contributed by atoms with E-state index >= 15 is 0 Å². The Balaban J connectivity index is 1.59. The number of hydrogen-bond acceptors (Lipinski definition) is 3. The van der Waals surface area contributed by atoms with Gasteiger partial charge in [-0.2, -0.15) is 0 Å². The molecule has 1 aromatic rings. The molecule has 0 bridgehead atoms. The number of aromatic amines is 1. The van der Waals surface area contributed by atoms with Gasteiger partial charge in [0.05, 0.1) is 18.8 Å². The highest BCUT2D eigenvalue weighted by Crippen LogP contribution is 2.21. The van der Waals surface area contributed by atoms with Gasteiger partial charge in [0.2, 0.25) is 0 Å². The Kier molecular flexibility index (Phi) is 4.31. The standard InChI is InChI=1S/C16H25N3O2/c1-12-11-17-13(2)15(12)16(20)19-5-3-14(4-6-19)18-7-9-21-10-8-18/h11,14,17H,3-10H2,1-2H3. The molecule has 116 valence electrons. The number of aromatic nitrogens is 1. The van der Waals surface area contributed by atoms with Crippen LogP contribution in [-0.4, -0.2) is 66.1 Å². The first kappa shape index (κ1) is 14.6. The molecule has 3 heterocycles. The normalized spacial score (nSPS) is 21.7. The molecule has 5 nitrogen and oxygen atoms in total. The molecule has 0 atom stereocenters. The second-order valence-corrected chi connectivity index (χ2v) is 6.14. The Morgan fingerprint density at radius 1 is 1.19 bits per heavy atom. The van der Waals surface area contributed by atoms with E-state index in [4.69, 9.17) is 4.74 Å². The molecule has 2 aliphatic rings. The summed E-state index contributed by atoms with van der Waals surface area (Å²) in [6.45, 7) is 9.47. The second-order valence-electron chi connectivity index (χ2n) is 6.14. The average molecular weight is 291 g/mol. The van der Waals surface area contributed by atoms with Crippen LogP contribution in [0.15, 0.2) is 6.20 Å². The lowest BCUT2D eigenvalue weighted by molar-refractivity contribution is 0.00157. The summed E-state index contributed by atoms with van der Waals surface area (Å²) in [7, 11) is 0. The molecule has 0 aromatic carbocycles. The monoisotopic (exact) mass is 291 g/mol. The maximum Gasteiger partial charge on any atom is 0.255 e. The first-order chi connectivity index (χ1) is 10.2. The summed E-state index contributed by atoms with van der Waals surface area (Å²) < 4.78 is 5.42. The minimum absolute atomic E-state index is 0.187. The van der Waals surface area contributed by atoms with Crippen LogP contribution in [0.1, 0.15) is 34.5 Å². The Hall–Kier alpha value is -1.33. The molecular formula is C16H25N3O2. The van der Waals surface area contributed by atoms with Gasteiger partial charge < -0.3 is 14.6 Å². The van der Waals surface area contributed by atoms with Crippen molar-refractivity contribution in [2.75, 3.05) is 39.4 Å². The summed E-state index contributed by atoms with van der Waals surface area (Å²) >= 11 is 0. The van der Waals surface area contributed by atoms with Crippen LogP contribution in [0, 0.1) is 13.8 Å². The molecule has 2 aliphatic heterocycles. The van der Waals surface area contributed by atoms with E-state index in [0.29, 0.717) is 6.04 Å². The summed E-state index contributed by atoms with van der Waals surface area (Å²) in [4.78, 5) is 20.3. The SMILES string of the molecule is Cc1c[nH]c(C)c1C(=O)N1CCC(N2CCOCC2)CC1. The van der Waals surface area contributed by atoms with E-state index in [-0.39, 0.29) is 5.91 Å². The van der Waals surface area contributed by atoms with Gasteiger partial charge in [-0.3, -0.25) is 9.69 Å². The Bertz CT molecular complexity index is 478. The van der Waals surface area contributed by atoms with E-state index < -0.39 is 0 Å². The number of ether oxygens (including phenoxy) is 1. The van der Waals surface area contributed by atoms with Gasteiger partial charge in [-0.1, -0.05) is 0 Å². The van der Waals surface area contributed by atoms with Crippen LogP contribution >= 0.6 is 0 Å². The molecule has 3 rings (SSSR count). The molecule has 0 spiro atoms. The predicted octanol–water partition coefficient (Wildman–Crippen LogP) is 1.57. The van der Waals surface area contributed by atoms with Gasteiger partial charge in [0, 0.05) is 44.1 Å². The minimum atomic E-state index is 0.187. The Morgan fingerprint density at radius 3 is 2.43 bits per heavy atom. The molecule has 2 saturated heterocycles. The largest absolute Gasteiger partial charge is 0.379 e. The van der Waals surface area contributed by atoms with Gasteiger partial charge >= 0.3 is 0 Å². The highest BCUT2D eigenvalue weighted by molar-refractivity contribution is 5.96. The second kappa shape index (κ2) is 6.20. The number of carbonyl (C=O) groups excluding carboxylic acids is 1. The van der Waals surface area contributed by atoms with Crippen LogP contribution in [0.4, 0.5) is 0 Å². The summed E-state index contributed by atoms with van der Waals surface area (Å²) in [5.74, 6) is 0.187. The third kappa shape index (κ3) is 2.99. The maximum absolute atomic E-state index is 12.7. The summed E-state index contributed by atoms with van der Waals surface area (Å²) in [5.41, 5.74) is 2.89. The van der Waals surface area contributed by atoms with Crippen LogP contribution in [0.5, 0.6) is 0 Å². The first-order valence-corrected chi connectivity index (χ1v) is 7.92. The van der Waals surface area contributed by atoms with Crippen molar-refractivity contribution in [1.29, 1.82) is 0 Å². The van der Waals surface area contributed by atoms with E-state index in [9.17, 15) is 4.79 Å². The Morgan fingerprint density at radius 2 is 1.86 bits per heavy atom. The zero-order valence-corrected chi connectivity index (χ0v) is 13.0. The summed E-state index contributed by atoms with van der Waals surface area (Å²) in [6, 6.07) is 0.617. The Labute approximate surface area is 126 Å². The van der Waals surface area contributed by atoms with E-state index in [2.05, 4.69) is 9.88 Å². The lowest BCUT2D eigenvalue weighted by Gasteiger charge is -2.40. The van der Waals surface area contributed by atoms with E-state index in [1.54, 1.807) is 0 Å². The van der Waals surface area contributed by atoms with Gasteiger partial charge in [0.15, 0.2) is 0 Å². The van der Waals surface area contributed by atoms with E-state index in [1.165, 1.54) is 0 Å². The third-order valence-corrected chi connectivity index (χ3v) is 4.80. The van der Waals surface area contributed by atoms with Crippen molar-refractivity contribution in [1.82, 2.24) is 14.8 Å². The van der Waals surface area contributed by atoms with Crippen LogP contribution in [0.2, 0.25) is 0 Å². The highest BCUT2D eigenvalue weighted by Gasteiger charge is 2.29. The van der Waals surface area contributed by atoms with Crippen LogP contribution < -0.4 is 0 Å². The van der Waals surface area contributed by atoms with Crippen LogP contribution in [0.25, 0.3) is 0 Å². The van der Waals surface area contributed by atoms with Gasteiger partial charge in [0.25, 0.3) is 5.91 Å². The molecule has 0 saturated carbocycles. The van der Waals surface area contributed by atoms with Crippen molar-refractivity contribution >= 4 is 5.91 Å².